The summed E-state index contributed by atoms with van der Waals surface area (Å²) in [6.07, 6.45) is 2.62. The second-order valence-electron chi connectivity index (χ2n) is 2.93. The molecule has 0 aromatic carbocycles. The van der Waals surface area contributed by atoms with Gasteiger partial charge < -0.3 is 10.2 Å². The summed E-state index contributed by atoms with van der Waals surface area (Å²) in [5.41, 5.74) is 5.36. The lowest BCUT2D eigenvalue weighted by Crippen LogP contribution is -2.18. The Hall–Kier alpha value is 0.137. The van der Waals surface area contributed by atoms with Crippen molar-refractivity contribution in [1.82, 2.24) is 0 Å². The number of nitrogens with two attached hydrogens (primary N) is 1. The van der Waals surface area contributed by atoms with Crippen LogP contribution in [0.5, 0.6) is 0 Å². The van der Waals surface area contributed by atoms with Gasteiger partial charge in [0.15, 0.2) is 9.04 Å². The highest BCUT2D eigenvalue weighted by Gasteiger charge is 2.03. The van der Waals surface area contributed by atoms with E-state index in [0.717, 1.165) is 19.4 Å². The van der Waals surface area contributed by atoms with E-state index in [1.54, 1.807) is 0 Å². The molecule has 1 atom stereocenters. The fourth-order valence-electron chi connectivity index (χ4n) is 0.938. The zero-order chi connectivity index (χ0) is 7.98. The van der Waals surface area contributed by atoms with Gasteiger partial charge in [-0.25, -0.2) is 0 Å². The molecule has 0 saturated heterocycles. The molecule has 0 bridgehead atoms. The standard InChI is InChI=1S/C7H19NOSi/c1-7(5-4-6-8)9-10(2)3/h7,10H,4-6,8H2,1-3H3. The van der Waals surface area contributed by atoms with E-state index in [0.29, 0.717) is 6.10 Å². The topological polar surface area (TPSA) is 35.2 Å². The summed E-state index contributed by atoms with van der Waals surface area (Å²) >= 11 is 0. The van der Waals surface area contributed by atoms with Gasteiger partial charge >= 0.3 is 0 Å². The zero-order valence-corrected chi connectivity index (χ0v) is 8.42. The lowest BCUT2D eigenvalue weighted by atomic mass is 10.2. The Bertz CT molecular complexity index is 78.0. The van der Waals surface area contributed by atoms with Gasteiger partial charge in [-0.05, 0) is 39.4 Å². The van der Waals surface area contributed by atoms with Crippen LogP contribution in [0, 0.1) is 0 Å². The van der Waals surface area contributed by atoms with Gasteiger partial charge in [0.1, 0.15) is 0 Å². The van der Waals surface area contributed by atoms with Crippen molar-refractivity contribution >= 4 is 9.04 Å². The van der Waals surface area contributed by atoms with E-state index < -0.39 is 9.04 Å². The Morgan fingerprint density at radius 3 is 2.50 bits per heavy atom. The van der Waals surface area contributed by atoms with Crippen molar-refractivity contribution in [1.29, 1.82) is 0 Å². The Morgan fingerprint density at radius 1 is 1.50 bits per heavy atom. The molecular formula is C7H19NOSi. The Morgan fingerprint density at radius 2 is 2.10 bits per heavy atom. The molecular weight excluding hydrogens is 142 g/mol. The fraction of sp³-hybridized carbons (Fsp3) is 1.00. The molecule has 0 aromatic rings. The predicted octanol–water partition coefficient (Wildman–Crippen LogP) is 1.11. The first-order valence-corrected chi connectivity index (χ1v) is 6.80. The van der Waals surface area contributed by atoms with Crippen molar-refractivity contribution in [2.45, 2.75) is 39.0 Å². The summed E-state index contributed by atoms with van der Waals surface area (Å²) in [4.78, 5) is 0. The van der Waals surface area contributed by atoms with E-state index in [1.165, 1.54) is 0 Å². The highest BCUT2D eigenvalue weighted by Crippen LogP contribution is 2.01. The summed E-state index contributed by atoms with van der Waals surface area (Å²) in [5.74, 6) is 0. The van der Waals surface area contributed by atoms with Crippen molar-refractivity contribution < 1.29 is 4.43 Å². The van der Waals surface area contributed by atoms with Gasteiger partial charge in [-0.1, -0.05) is 0 Å². The molecule has 0 aliphatic rings. The molecule has 10 heavy (non-hydrogen) atoms. The Kier molecular flexibility index (Phi) is 5.97. The van der Waals surface area contributed by atoms with Crippen LogP contribution in [0.25, 0.3) is 0 Å². The van der Waals surface area contributed by atoms with E-state index in [2.05, 4.69) is 20.0 Å². The second-order valence-corrected chi connectivity index (χ2v) is 5.30. The van der Waals surface area contributed by atoms with Crippen molar-refractivity contribution in [3.8, 4) is 0 Å². The Balaban J connectivity index is 3.16. The van der Waals surface area contributed by atoms with Crippen LogP contribution >= 0.6 is 0 Å². The lowest BCUT2D eigenvalue weighted by molar-refractivity contribution is 0.212. The van der Waals surface area contributed by atoms with E-state index in [4.69, 9.17) is 10.2 Å². The van der Waals surface area contributed by atoms with Crippen LogP contribution in [0.2, 0.25) is 13.1 Å². The fourth-order valence-corrected chi connectivity index (χ4v) is 2.00. The maximum Gasteiger partial charge on any atom is 0.171 e. The van der Waals surface area contributed by atoms with Gasteiger partial charge in [-0.15, -0.1) is 0 Å². The zero-order valence-electron chi connectivity index (χ0n) is 7.26. The van der Waals surface area contributed by atoms with E-state index in [-0.39, 0.29) is 0 Å². The molecule has 1 unspecified atom stereocenters. The SMILES string of the molecule is CC(CCCN)O[SiH](C)C. The molecule has 0 rings (SSSR count). The van der Waals surface area contributed by atoms with Crippen molar-refractivity contribution in [2.24, 2.45) is 5.73 Å². The molecule has 2 N–H and O–H groups in total. The van der Waals surface area contributed by atoms with Gasteiger partial charge in [0.05, 0.1) is 0 Å². The molecule has 0 saturated carbocycles. The lowest BCUT2D eigenvalue weighted by Gasteiger charge is -2.14. The minimum atomic E-state index is -0.812. The van der Waals surface area contributed by atoms with Crippen LogP contribution in [-0.2, 0) is 4.43 Å². The van der Waals surface area contributed by atoms with Crippen molar-refractivity contribution in [3.05, 3.63) is 0 Å². The minimum absolute atomic E-state index is 0.426. The first kappa shape index (κ1) is 10.1. The second kappa shape index (κ2) is 5.89. The molecule has 3 heteroatoms. The van der Waals surface area contributed by atoms with Crippen LogP contribution in [0.15, 0.2) is 0 Å². The van der Waals surface area contributed by atoms with Crippen LogP contribution in [0.4, 0.5) is 0 Å². The van der Waals surface area contributed by atoms with Crippen LogP contribution in [0.1, 0.15) is 19.8 Å². The smallest absolute Gasteiger partial charge is 0.171 e. The highest BCUT2D eigenvalue weighted by atomic mass is 28.3. The normalized spacial score (nSPS) is 14.1. The quantitative estimate of drug-likeness (QED) is 0.613. The van der Waals surface area contributed by atoms with Gasteiger partial charge in [0.2, 0.25) is 0 Å². The molecule has 62 valence electrons. The van der Waals surface area contributed by atoms with Crippen LogP contribution in [0.3, 0.4) is 0 Å². The first-order chi connectivity index (χ1) is 4.66. The Labute approximate surface area is 65.5 Å². The molecule has 0 radical (unpaired) electrons. The number of hydrogen-bond acceptors (Lipinski definition) is 2. The van der Waals surface area contributed by atoms with E-state index >= 15 is 0 Å². The minimum Gasteiger partial charge on any atom is -0.418 e. The monoisotopic (exact) mass is 161 g/mol. The number of hydrogen-bond donors (Lipinski definition) is 1. The molecule has 0 aromatic heterocycles. The maximum atomic E-state index is 5.64. The first-order valence-electron chi connectivity index (χ1n) is 4.02. The van der Waals surface area contributed by atoms with Crippen LogP contribution < -0.4 is 5.73 Å². The van der Waals surface area contributed by atoms with Gasteiger partial charge in [-0.2, -0.15) is 0 Å². The van der Waals surface area contributed by atoms with Gasteiger partial charge in [-0.3, -0.25) is 0 Å². The molecule has 0 aliphatic carbocycles. The van der Waals surface area contributed by atoms with E-state index in [1.807, 2.05) is 0 Å². The molecule has 0 fully saturated rings. The highest BCUT2D eigenvalue weighted by molar-refractivity contribution is 6.48. The molecule has 0 aliphatic heterocycles. The summed E-state index contributed by atoms with van der Waals surface area (Å²) in [7, 11) is -0.812. The maximum absolute atomic E-state index is 5.64. The molecule has 0 spiro atoms. The number of rotatable bonds is 5. The average Bonchev–Trinajstić information content (AvgIpc) is 1.82. The van der Waals surface area contributed by atoms with Gasteiger partial charge in [0.25, 0.3) is 0 Å². The molecule has 2 nitrogen and oxygen atoms in total. The average molecular weight is 161 g/mol. The molecule has 0 heterocycles. The summed E-state index contributed by atoms with van der Waals surface area (Å²) in [6.45, 7) is 7.30. The predicted molar refractivity (Wildman–Crippen MR) is 47.7 cm³/mol. The third-order valence-electron chi connectivity index (χ3n) is 1.32. The largest absolute Gasteiger partial charge is 0.418 e. The van der Waals surface area contributed by atoms with Crippen LogP contribution in [-0.4, -0.2) is 21.7 Å². The van der Waals surface area contributed by atoms with Crippen molar-refractivity contribution in [3.63, 3.8) is 0 Å². The third-order valence-corrected chi connectivity index (χ3v) is 2.33. The van der Waals surface area contributed by atoms with E-state index in [9.17, 15) is 0 Å². The van der Waals surface area contributed by atoms with Crippen molar-refractivity contribution in [2.75, 3.05) is 6.54 Å². The van der Waals surface area contributed by atoms with Gasteiger partial charge in [0, 0.05) is 6.10 Å². The molecule has 0 amide bonds. The summed E-state index contributed by atoms with van der Waals surface area (Å²) in [5, 5.41) is 0. The summed E-state index contributed by atoms with van der Waals surface area (Å²) in [6, 6.07) is 0. The third kappa shape index (κ3) is 6.26. The summed E-state index contributed by atoms with van der Waals surface area (Å²) < 4.78 is 5.64.